The van der Waals surface area contributed by atoms with Gasteiger partial charge in [0, 0.05) is 15.5 Å². The number of halogens is 2. The molecule has 0 radical (unpaired) electrons. The Kier molecular flexibility index (Phi) is 5.73. The molecule has 0 unspecified atom stereocenters. The Morgan fingerprint density at radius 1 is 1.47 bits per heavy atom. The van der Waals surface area contributed by atoms with Gasteiger partial charge in [0.25, 0.3) is 5.91 Å². The number of hydrogen-bond acceptors (Lipinski definition) is 1. The number of amides is 1. The first kappa shape index (κ1) is 14.3. The van der Waals surface area contributed by atoms with Gasteiger partial charge in [-0.15, -0.1) is 6.42 Å². The number of carbonyl (C=O) groups is 1. The van der Waals surface area contributed by atoms with Crippen molar-refractivity contribution in [1.82, 2.24) is 4.90 Å². The molecular formula is C13H13Br2NO. The van der Waals surface area contributed by atoms with E-state index in [1.54, 1.807) is 11.0 Å². The van der Waals surface area contributed by atoms with Gasteiger partial charge in [-0.05, 0) is 40.5 Å². The molecule has 17 heavy (non-hydrogen) atoms. The van der Waals surface area contributed by atoms with Gasteiger partial charge in [-0.1, -0.05) is 28.8 Å². The third-order valence-corrected chi connectivity index (χ3v) is 3.37. The molecule has 0 N–H and O–H groups in total. The number of terminal acetylenes is 1. The van der Waals surface area contributed by atoms with Gasteiger partial charge in [-0.25, -0.2) is 0 Å². The van der Waals surface area contributed by atoms with Gasteiger partial charge in [-0.2, -0.15) is 0 Å². The fourth-order valence-corrected chi connectivity index (χ4v) is 2.68. The predicted molar refractivity (Wildman–Crippen MR) is 76.9 cm³/mol. The van der Waals surface area contributed by atoms with Gasteiger partial charge < -0.3 is 4.90 Å². The summed E-state index contributed by atoms with van der Waals surface area (Å²) in [5.41, 5.74) is 0.636. The Bertz CT molecular complexity index is 451. The maximum atomic E-state index is 12.2. The van der Waals surface area contributed by atoms with E-state index in [2.05, 4.69) is 37.8 Å². The zero-order valence-corrected chi connectivity index (χ0v) is 12.7. The van der Waals surface area contributed by atoms with Crippen LogP contribution in [0.4, 0.5) is 0 Å². The van der Waals surface area contributed by atoms with Crippen molar-refractivity contribution in [3.8, 4) is 12.3 Å². The molecule has 0 saturated heterocycles. The minimum atomic E-state index is -0.0378. The highest BCUT2D eigenvalue weighted by Crippen LogP contribution is 2.23. The van der Waals surface area contributed by atoms with Crippen LogP contribution in [-0.2, 0) is 0 Å². The zero-order valence-electron chi connectivity index (χ0n) is 9.54. The van der Waals surface area contributed by atoms with Crippen molar-refractivity contribution >= 4 is 37.8 Å². The molecule has 0 spiro atoms. The average molecular weight is 359 g/mol. The van der Waals surface area contributed by atoms with Crippen LogP contribution in [0.1, 0.15) is 23.7 Å². The summed E-state index contributed by atoms with van der Waals surface area (Å²) < 4.78 is 1.70. The van der Waals surface area contributed by atoms with Crippen LogP contribution in [0.15, 0.2) is 27.1 Å². The molecule has 0 heterocycles. The third kappa shape index (κ3) is 3.86. The standard InChI is InChI=1S/C13H13Br2NO/c1-3-7-16(8-4-2)13(17)11-6-5-10(14)9-12(11)15/h1,5-6,9H,4,7-8H2,2H3. The van der Waals surface area contributed by atoms with E-state index in [1.807, 2.05) is 19.1 Å². The Morgan fingerprint density at radius 2 is 2.18 bits per heavy atom. The molecule has 0 fully saturated rings. The molecular weight excluding hydrogens is 346 g/mol. The van der Waals surface area contributed by atoms with Gasteiger partial charge in [-0.3, -0.25) is 4.79 Å². The Balaban J connectivity index is 2.97. The Labute approximate surface area is 119 Å². The number of benzene rings is 1. The first-order valence-electron chi connectivity index (χ1n) is 5.28. The lowest BCUT2D eigenvalue weighted by atomic mass is 10.2. The summed E-state index contributed by atoms with van der Waals surface area (Å²) in [6.07, 6.45) is 6.17. The van der Waals surface area contributed by atoms with E-state index in [0.717, 1.165) is 15.4 Å². The summed E-state index contributed by atoms with van der Waals surface area (Å²) in [6.45, 7) is 3.04. The highest BCUT2D eigenvalue weighted by molar-refractivity contribution is 9.11. The average Bonchev–Trinajstić information content (AvgIpc) is 2.28. The van der Waals surface area contributed by atoms with E-state index < -0.39 is 0 Å². The molecule has 1 rings (SSSR count). The molecule has 0 aliphatic carbocycles. The van der Waals surface area contributed by atoms with Gasteiger partial charge in [0.05, 0.1) is 12.1 Å². The van der Waals surface area contributed by atoms with Crippen molar-refractivity contribution in [3.63, 3.8) is 0 Å². The van der Waals surface area contributed by atoms with Crippen LogP contribution < -0.4 is 0 Å². The van der Waals surface area contributed by atoms with Crippen molar-refractivity contribution in [2.45, 2.75) is 13.3 Å². The van der Waals surface area contributed by atoms with Crippen molar-refractivity contribution in [3.05, 3.63) is 32.7 Å². The van der Waals surface area contributed by atoms with Gasteiger partial charge >= 0.3 is 0 Å². The minimum absolute atomic E-state index is 0.0378. The maximum Gasteiger partial charge on any atom is 0.255 e. The molecule has 2 nitrogen and oxygen atoms in total. The lowest BCUT2D eigenvalue weighted by Crippen LogP contribution is -2.32. The monoisotopic (exact) mass is 357 g/mol. The largest absolute Gasteiger partial charge is 0.327 e. The second-order valence-corrected chi connectivity index (χ2v) is 5.33. The number of hydrogen-bond donors (Lipinski definition) is 0. The molecule has 1 amide bonds. The predicted octanol–water partition coefficient (Wildman–Crippen LogP) is 3.70. The molecule has 0 aliphatic heterocycles. The molecule has 0 aromatic heterocycles. The highest BCUT2D eigenvalue weighted by Gasteiger charge is 2.16. The van der Waals surface area contributed by atoms with Crippen LogP contribution >= 0.6 is 31.9 Å². The van der Waals surface area contributed by atoms with Crippen LogP contribution in [0.25, 0.3) is 0 Å². The van der Waals surface area contributed by atoms with Gasteiger partial charge in [0.1, 0.15) is 0 Å². The smallest absolute Gasteiger partial charge is 0.255 e. The first-order chi connectivity index (χ1) is 8.10. The van der Waals surface area contributed by atoms with Crippen molar-refractivity contribution in [2.24, 2.45) is 0 Å². The lowest BCUT2D eigenvalue weighted by Gasteiger charge is -2.20. The van der Waals surface area contributed by atoms with Crippen LogP contribution in [-0.4, -0.2) is 23.9 Å². The van der Waals surface area contributed by atoms with E-state index in [1.165, 1.54) is 0 Å². The van der Waals surface area contributed by atoms with Crippen LogP contribution in [0, 0.1) is 12.3 Å². The number of carbonyl (C=O) groups excluding carboxylic acids is 1. The molecule has 1 aromatic carbocycles. The summed E-state index contributed by atoms with van der Waals surface area (Å²) in [7, 11) is 0. The minimum Gasteiger partial charge on any atom is -0.327 e. The fourth-order valence-electron chi connectivity index (χ4n) is 1.47. The molecule has 0 aliphatic rings. The van der Waals surface area contributed by atoms with Gasteiger partial charge in [0.2, 0.25) is 0 Å². The SMILES string of the molecule is C#CCN(CCC)C(=O)c1ccc(Br)cc1Br. The van der Waals surface area contributed by atoms with E-state index >= 15 is 0 Å². The summed E-state index contributed by atoms with van der Waals surface area (Å²) in [5.74, 6) is 2.48. The molecule has 1 aromatic rings. The van der Waals surface area contributed by atoms with Crippen LogP contribution in [0.5, 0.6) is 0 Å². The van der Waals surface area contributed by atoms with Gasteiger partial charge in [0.15, 0.2) is 0 Å². The van der Waals surface area contributed by atoms with E-state index in [4.69, 9.17) is 6.42 Å². The lowest BCUT2D eigenvalue weighted by molar-refractivity contribution is 0.0776. The molecule has 0 atom stereocenters. The third-order valence-electron chi connectivity index (χ3n) is 2.22. The second kappa shape index (κ2) is 6.83. The first-order valence-corrected chi connectivity index (χ1v) is 6.86. The van der Waals surface area contributed by atoms with Crippen molar-refractivity contribution in [1.29, 1.82) is 0 Å². The molecule has 0 bridgehead atoms. The fraction of sp³-hybridized carbons (Fsp3) is 0.308. The Morgan fingerprint density at radius 3 is 2.71 bits per heavy atom. The summed E-state index contributed by atoms with van der Waals surface area (Å²) in [5, 5.41) is 0. The van der Waals surface area contributed by atoms with E-state index in [0.29, 0.717) is 18.7 Å². The Hall–Kier alpha value is -0.790. The van der Waals surface area contributed by atoms with Crippen molar-refractivity contribution < 1.29 is 4.79 Å². The maximum absolute atomic E-state index is 12.2. The number of rotatable bonds is 4. The summed E-state index contributed by atoms with van der Waals surface area (Å²) >= 11 is 6.75. The molecule has 90 valence electrons. The molecule has 4 heteroatoms. The van der Waals surface area contributed by atoms with Crippen LogP contribution in [0.3, 0.4) is 0 Å². The van der Waals surface area contributed by atoms with Crippen LogP contribution in [0.2, 0.25) is 0 Å². The summed E-state index contributed by atoms with van der Waals surface area (Å²) in [6, 6.07) is 5.49. The quantitative estimate of drug-likeness (QED) is 0.751. The topological polar surface area (TPSA) is 20.3 Å². The highest BCUT2D eigenvalue weighted by atomic mass is 79.9. The molecule has 0 saturated carbocycles. The van der Waals surface area contributed by atoms with E-state index in [9.17, 15) is 4.79 Å². The van der Waals surface area contributed by atoms with E-state index in [-0.39, 0.29) is 5.91 Å². The normalized spacial score (nSPS) is 9.76. The summed E-state index contributed by atoms with van der Waals surface area (Å²) in [4.78, 5) is 13.9. The zero-order chi connectivity index (χ0) is 12.8. The second-order valence-electron chi connectivity index (χ2n) is 3.56. The number of nitrogens with zero attached hydrogens (tertiary/aromatic N) is 1. The van der Waals surface area contributed by atoms with Crippen molar-refractivity contribution in [2.75, 3.05) is 13.1 Å².